The summed E-state index contributed by atoms with van der Waals surface area (Å²) in [6.45, 7) is 1.39. The highest BCUT2D eigenvalue weighted by Crippen LogP contribution is 2.32. The fourth-order valence-corrected chi connectivity index (χ4v) is 3.28. The molecule has 0 saturated carbocycles. The number of H-pyrrole nitrogens is 2. The molecule has 28 heavy (non-hydrogen) atoms. The first-order valence-corrected chi connectivity index (χ1v) is 9.05. The molecule has 0 radical (unpaired) electrons. The second-order valence-corrected chi connectivity index (χ2v) is 6.97. The lowest BCUT2D eigenvalue weighted by molar-refractivity contribution is 0.0951. The van der Waals surface area contributed by atoms with E-state index in [9.17, 15) is 9.59 Å². The van der Waals surface area contributed by atoms with Crippen LogP contribution in [-0.2, 0) is 0 Å². The van der Waals surface area contributed by atoms with Crippen LogP contribution in [0.1, 0.15) is 10.4 Å². The first-order chi connectivity index (χ1) is 13.5. The van der Waals surface area contributed by atoms with E-state index in [4.69, 9.17) is 0 Å². The van der Waals surface area contributed by atoms with Crippen molar-refractivity contribution in [3.8, 4) is 11.1 Å². The average molecular weight is 375 g/mol. The number of aromatic amines is 2. The Morgan fingerprint density at radius 3 is 2.71 bits per heavy atom. The maximum absolute atomic E-state index is 12.3. The maximum Gasteiger partial charge on any atom is 0.251 e. The molecular weight excluding hydrogens is 354 g/mol. The summed E-state index contributed by atoms with van der Waals surface area (Å²) in [7, 11) is 3.93. The van der Waals surface area contributed by atoms with Gasteiger partial charge in [0.15, 0.2) is 0 Å². The largest absolute Gasteiger partial charge is 0.351 e. The monoisotopic (exact) mass is 375 g/mol. The van der Waals surface area contributed by atoms with Gasteiger partial charge in [-0.3, -0.25) is 9.59 Å². The summed E-state index contributed by atoms with van der Waals surface area (Å²) in [6.07, 6.45) is 3.39. The van der Waals surface area contributed by atoms with Crippen LogP contribution >= 0.6 is 0 Å². The number of nitrogens with zero attached hydrogens (tertiary/aromatic N) is 2. The molecule has 0 atom stereocenters. The van der Waals surface area contributed by atoms with Crippen molar-refractivity contribution in [2.75, 3.05) is 27.2 Å². The number of likely N-dealkylation sites (N-methyl/N-ethyl adjacent to an activating group) is 1. The summed E-state index contributed by atoms with van der Waals surface area (Å²) in [5, 5.41) is 4.63. The highest BCUT2D eigenvalue weighted by molar-refractivity contribution is 6.12. The number of benzene rings is 1. The van der Waals surface area contributed by atoms with E-state index in [1.807, 2.05) is 49.3 Å². The number of nitrogens with one attached hydrogen (secondary N) is 3. The second kappa shape index (κ2) is 7.28. The Morgan fingerprint density at radius 1 is 1.18 bits per heavy atom. The van der Waals surface area contributed by atoms with Gasteiger partial charge in [-0.25, -0.2) is 4.98 Å². The Morgan fingerprint density at radius 2 is 1.96 bits per heavy atom. The number of pyridine rings is 2. The van der Waals surface area contributed by atoms with E-state index in [0.29, 0.717) is 12.1 Å². The zero-order chi connectivity index (χ0) is 19.7. The van der Waals surface area contributed by atoms with E-state index in [2.05, 4.69) is 20.3 Å². The summed E-state index contributed by atoms with van der Waals surface area (Å²) >= 11 is 0. The van der Waals surface area contributed by atoms with Gasteiger partial charge in [-0.05, 0) is 43.4 Å². The molecule has 0 fully saturated rings. The lowest BCUT2D eigenvalue weighted by Crippen LogP contribution is -2.31. The minimum atomic E-state index is -0.159. The van der Waals surface area contributed by atoms with Gasteiger partial charge in [0.05, 0.1) is 5.52 Å². The van der Waals surface area contributed by atoms with Crippen LogP contribution in [0.5, 0.6) is 0 Å². The van der Waals surface area contributed by atoms with Crippen molar-refractivity contribution >= 4 is 27.8 Å². The van der Waals surface area contributed by atoms with E-state index in [1.165, 1.54) is 0 Å². The summed E-state index contributed by atoms with van der Waals surface area (Å²) in [4.78, 5) is 36.4. The Bertz CT molecular complexity index is 1210. The average Bonchev–Trinajstić information content (AvgIpc) is 3.05. The van der Waals surface area contributed by atoms with E-state index in [-0.39, 0.29) is 11.5 Å². The standard InChI is InChI=1S/C21H21N5O2/c1-26(2)10-9-23-21(28)14-5-3-13(4-6-14)15-7-8-22-20-19(15)16-11-18(27)24-12-17(16)25-20/h3-8,11-12H,9-10H2,1-2H3,(H,22,25)(H,23,28)(H,24,27). The molecule has 0 aliphatic carbocycles. The van der Waals surface area contributed by atoms with Gasteiger partial charge >= 0.3 is 0 Å². The van der Waals surface area contributed by atoms with Crippen molar-refractivity contribution in [3.05, 3.63) is 64.7 Å². The number of carbonyl (C=O) groups excluding carboxylic acids is 1. The molecule has 3 heterocycles. The van der Waals surface area contributed by atoms with Crippen LogP contribution < -0.4 is 10.9 Å². The number of aromatic nitrogens is 3. The lowest BCUT2D eigenvalue weighted by Gasteiger charge is -2.11. The Kier molecular flexibility index (Phi) is 4.67. The third kappa shape index (κ3) is 3.39. The fourth-order valence-electron chi connectivity index (χ4n) is 3.28. The molecule has 3 N–H and O–H groups in total. The van der Waals surface area contributed by atoms with Crippen LogP contribution in [0, 0.1) is 0 Å². The normalized spacial score (nSPS) is 11.4. The molecule has 0 unspecified atom stereocenters. The van der Waals surface area contributed by atoms with Gasteiger partial charge in [0.1, 0.15) is 5.65 Å². The second-order valence-electron chi connectivity index (χ2n) is 6.97. The Balaban J connectivity index is 1.69. The molecule has 0 bridgehead atoms. The molecule has 0 saturated heterocycles. The van der Waals surface area contributed by atoms with Gasteiger partial charge in [0.25, 0.3) is 5.91 Å². The van der Waals surface area contributed by atoms with Gasteiger partial charge < -0.3 is 20.2 Å². The van der Waals surface area contributed by atoms with Crippen molar-refractivity contribution in [2.45, 2.75) is 0 Å². The van der Waals surface area contributed by atoms with E-state index in [0.717, 1.165) is 39.6 Å². The van der Waals surface area contributed by atoms with Crippen molar-refractivity contribution in [1.82, 2.24) is 25.2 Å². The molecule has 4 aromatic rings. The molecule has 1 amide bonds. The van der Waals surface area contributed by atoms with Gasteiger partial charge in [0, 0.05) is 47.9 Å². The molecule has 4 rings (SSSR count). The SMILES string of the molecule is CN(C)CCNC(=O)c1ccc(-c2ccnc3[nH]c4c[nH]c(=O)cc4c23)cc1. The molecule has 0 aliphatic heterocycles. The third-order valence-electron chi connectivity index (χ3n) is 4.70. The summed E-state index contributed by atoms with van der Waals surface area (Å²) in [6, 6.07) is 11.0. The number of carbonyl (C=O) groups is 1. The lowest BCUT2D eigenvalue weighted by atomic mass is 10.0. The zero-order valence-corrected chi connectivity index (χ0v) is 15.7. The van der Waals surface area contributed by atoms with Crippen LogP contribution in [0.3, 0.4) is 0 Å². The Hall–Kier alpha value is -3.45. The smallest absolute Gasteiger partial charge is 0.251 e. The molecule has 0 aliphatic rings. The van der Waals surface area contributed by atoms with Gasteiger partial charge in [-0.15, -0.1) is 0 Å². The van der Waals surface area contributed by atoms with Crippen molar-refractivity contribution in [2.24, 2.45) is 0 Å². The first kappa shape index (κ1) is 17.9. The number of fused-ring (bicyclic) bond motifs is 3. The van der Waals surface area contributed by atoms with Crippen molar-refractivity contribution < 1.29 is 4.79 Å². The van der Waals surface area contributed by atoms with Crippen LogP contribution in [0.2, 0.25) is 0 Å². The van der Waals surface area contributed by atoms with Crippen molar-refractivity contribution in [1.29, 1.82) is 0 Å². The van der Waals surface area contributed by atoms with Crippen LogP contribution in [0.25, 0.3) is 33.1 Å². The summed E-state index contributed by atoms with van der Waals surface area (Å²) < 4.78 is 0. The molecule has 0 spiro atoms. The molecule has 3 aromatic heterocycles. The quantitative estimate of drug-likeness (QED) is 0.499. The number of rotatable bonds is 5. The highest BCUT2D eigenvalue weighted by Gasteiger charge is 2.13. The predicted molar refractivity (Wildman–Crippen MR) is 111 cm³/mol. The molecular formula is C21H21N5O2. The molecule has 7 nitrogen and oxygen atoms in total. The van der Waals surface area contributed by atoms with Crippen LogP contribution in [0.15, 0.2) is 53.6 Å². The van der Waals surface area contributed by atoms with Gasteiger partial charge in [-0.2, -0.15) is 0 Å². The number of hydrogen-bond acceptors (Lipinski definition) is 4. The molecule has 1 aromatic carbocycles. The van der Waals surface area contributed by atoms with Gasteiger partial charge in [-0.1, -0.05) is 12.1 Å². The molecule has 142 valence electrons. The minimum Gasteiger partial charge on any atom is -0.351 e. The minimum absolute atomic E-state index is 0.0908. The van der Waals surface area contributed by atoms with Gasteiger partial charge in [0.2, 0.25) is 5.56 Å². The van der Waals surface area contributed by atoms with E-state index in [1.54, 1.807) is 18.5 Å². The molecule has 7 heteroatoms. The predicted octanol–water partition coefficient (Wildman–Crippen LogP) is 2.36. The topological polar surface area (TPSA) is 93.9 Å². The Labute approximate surface area is 161 Å². The number of amides is 1. The van der Waals surface area contributed by atoms with Crippen molar-refractivity contribution in [3.63, 3.8) is 0 Å². The highest BCUT2D eigenvalue weighted by atomic mass is 16.1. The maximum atomic E-state index is 12.3. The fraction of sp³-hybridized carbons (Fsp3) is 0.190. The first-order valence-electron chi connectivity index (χ1n) is 9.05. The summed E-state index contributed by atoms with van der Waals surface area (Å²) in [5.41, 5.74) is 3.92. The van der Waals surface area contributed by atoms with Crippen LogP contribution in [0.4, 0.5) is 0 Å². The summed E-state index contributed by atoms with van der Waals surface area (Å²) in [5.74, 6) is -0.0908. The van der Waals surface area contributed by atoms with E-state index >= 15 is 0 Å². The zero-order valence-electron chi connectivity index (χ0n) is 15.7. The van der Waals surface area contributed by atoms with E-state index < -0.39 is 0 Å². The van der Waals surface area contributed by atoms with Crippen LogP contribution in [-0.4, -0.2) is 52.9 Å². The third-order valence-corrected chi connectivity index (χ3v) is 4.70. The number of hydrogen-bond donors (Lipinski definition) is 3.